The van der Waals surface area contributed by atoms with Crippen molar-refractivity contribution in [3.8, 4) is 11.5 Å². The molecule has 0 spiro atoms. The summed E-state index contributed by atoms with van der Waals surface area (Å²) in [7, 11) is 0. The van der Waals surface area contributed by atoms with Gasteiger partial charge >= 0.3 is 5.97 Å². The Bertz CT molecular complexity index is 1070. The molecular weight excluding hydrogens is 347 g/mol. The van der Waals surface area contributed by atoms with Crippen LogP contribution in [0.1, 0.15) is 26.3 Å². The van der Waals surface area contributed by atoms with Gasteiger partial charge in [0.1, 0.15) is 17.3 Å². The monoisotopic (exact) mass is 360 g/mol. The highest BCUT2D eigenvalue weighted by atomic mass is 19.1. The Labute approximate surface area is 154 Å². The zero-order valence-electron chi connectivity index (χ0n) is 14.0. The lowest BCUT2D eigenvalue weighted by atomic mass is 10.1. The summed E-state index contributed by atoms with van der Waals surface area (Å²) in [5, 5.41) is 0. The summed E-state index contributed by atoms with van der Waals surface area (Å²) < 4.78 is 24.5. The highest BCUT2D eigenvalue weighted by Crippen LogP contribution is 2.35. The van der Waals surface area contributed by atoms with E-state index < -0.39 is 11.8 Å². The number of esters is 1. The Balaban J connectivity index is 1.57. The number of ether oxygens (including phenoxy) is 2. The fourth-order valence-corrected chi connectivity index (χ4v) is 2.72. The maximum absolute atomic E-state index is 13.7. The molecule has 0 aliphatic carbocycles. The van der Waals surface area contributed by atoms with E-state index in [2.05, 4.69) is 0 Å². The Morgan fingerprint density at radius 1 is 0.963 bits per heavy atom. The number of hydrogen-bond acceptors (Lipinski definition) is 4. The van der Waals surface area contributed by atoms with Crippen LogP contribution in [0.25, 0.3) is 6.08 Å². The van der Waals surface area contributed by atoms with Crippen LogP contribution in [0, 0.1) is 5.82 Å². The number of carbonyl (C=O) groups excluding carboxylic acids is 2. The van der Waals surface area contributed by atoms with Gasteiger partial charge in [-0.2, -0.15) is 0 Å². The zero-order chi connectivity index (χ0) is 18.8. The van der Waals surface area contributed by atoms with E-state index in [1.807, 2.05) is 30.3 Å². The molecular formula is C22H13FO4. The van der Waals surface area contributed by atoms with Crippen LogP contribution in [0.5, 0.6) is 11.5 Å². The van der Waals surface area contributed by atoms with Crippen LogP contribution in [0.2, 0.25) is 0 Å². The van der Waals surface area contributed by atoms with E-state index in [0.717, 1.165) is 5.56 Å². The van der Waals surface area contributed by atoms with Gasteiger partial charge < -0.3 is 9.47 Å². The molecule has 1 heterocycles. The first-order valence-corrected chi connectivity index (χ1v) is 8.22. The Hall–Kier alpha value is -3.73. The topological polar surface area (TPSA) is 52.6 Å². The quantitative estimate of drug-likeness (QED) is 0.387. The van der Waals surface area contributed by atoms with Crippen LogP contribution < -0.4 is 9.47 Å². The third-order valence-corrected chi connectivity index (χ3v) is 4.04. The minimum atomic E-state index is -0.822. The Morgan fingerprint density at radius 3 is 2.48 bits per heavy atom. The molecule has 0 N–H and O–H groups in total. The largest absolute Gasteiger partial charge is 0.452 e. The summed E-state index contributed by atoms with van der Waals surface area (Å²) in [4.78, 5) is 24.6. The molecule has 4 rings (SSSR count). The van der Waals surface area contributed by atoms with Crippen LogP contribution in [-0.2, 0) is 0 Å². The Kier molecular flexibility index (Phi) is 4.26. The lowest BCUT2D eigenvalue weighted by molar-refractivity contribution is 0.0729. The van der Waals surface area contributed by atoms with E-state index in [1.165, 1.54) is 36.4 Å². The van der Waals surface area contributed by atoms with E-state index in [-0.39, 0.29) is 22.9 Å². The first-order chi connectivity index (χ1) is 13.1. The molecule has 0 radical (unpaired) electrons. The van der Waals surface area contributed by atoms with E-state index in [0.29, 0.717) is 11.3 Å². The van der Waals surface area contributed by atoms with Gasteiger partial charge in [-0.25, -0.2) is 9.18 Å². The molecule has 0 saturated carbocycles. The molecule has 5 heteroatoms. The number of rotatable bonds is 3. The lowest BCUT2D eigenvalue weighted by Crippen LogP contribution is -2.10. The number of fused-ring (bicyclic) bond motifs is 1. The van der Waals surface area contributed by atoms with E-state index in [1.54, 1.807) is 12.1 Å². The van der Waals surface area contributed by atoms with Crippen molar-refractivity contribution in [2.24, 2.45) is 0 Å². The third kappa shape index (κ3) is 3.35. The van der Waals surface area contributed by atoms with Crippen LogP contribution >= 0.6 is 0 Å². The normalized spacial score (nSPS) is 14.0. The van der Waals surface area contributed by atoms with Crippen LogP contribution in [0.4, 0.5) is 4.39 Å². The van der Waals surface area contributed by atoms with E-state index >= 15 is 0 Å². The number of ketones is 1. The summed E-state index contributed by atoms with van der Waals surface area (Å²) >= 11 is 0. The molecule has 0 aromatic heterocycles. The molecule has 1 aliphatic rings. The summed E-state index contributed by atoms with van der Waals surface area (Å²) in [6, 6.07) is 19.3. The zero-order valence-corrected chi connectivity index (χ0v) is 14.0. The minimum Gasteiger partial charge on any atom is -0.452 e. The van der Waals surface area contributed by atoms with Crippen LogP contribution in [-0.4, -0.2) is 11.8 Å². The van der Waals surface area contributed by atoms with Crippen molar-refractivity contribution in [1.82, 2.24) is 0 Å². The molecule has 27 heavy (non-hydrogen) atoms. The molecule has 0 saturated heterocycles. The van der Waals surface area contributed by atoms with Crippen molar-refractivity contribution in [2.75, 3.05) is 0 Å². The number of benzene rings is 3. The molecule has 4 nitrogen and oxygen atoms in total. The maximum Gasteiger partial charge on any atom is 0.346 e. The number of carbonyl (C=O) groups is 2. The number of halogens is 1. The smallest absolute Gasteiger partial charge is 0.346 e. The van der Waals surface area contributed by atoms with Gasteiger partial charge in [-0.15, -0.1) is 0 Å². The van der Waals surface area contributed by atoms with Crippen molar-refractivity contribution in [1.29, 1.82) is 0 Å². The summed E-state index contributed by atoms with van der Waals surface area (Å²) in [5.74, 6) is -1.09. The van der Waals surface area contributed by atoms with Crippen LogP contribution in [0.3, 0.4) is 0 Å². The molecule has 3 aromatic rings. The highest BCUT2D eigenvalue weighted by molar-refractivity contribution is 6.14. The summed E-state index contributed by atoms with van der Waals surface area (Å²) in [6.07, 6.45) is 1.65. The van der Waals surface area contributed by atoms with Gasteiger partial charge in [0, 0.05) is 6.07 Å². The Morgan fingerprint density at radius 2 is 1.70 bits per heavy atom. The first kappa shape index (κ1) is 16.7. The third-order valence-electron chi connectivity index (χ3n) is 4.04. The number of Topliss-reactive ketones (excluding diaryl/α,β-unsaturated/α-hetero) is 1. The van der Waals surface area contributed by atoms with E-state index in [4.69, 9.17) is 9.47 Å². The second-order valence-electron chi connectivity index (χ2n) is 5.88. The average Bonchev–Trinajstić information content (AvgIpc) is 2.98. The summed E-state index contributed by atoms with van der Waals surface area (Å²) in [6.45, 7) is 0. The summed E-state index contributed by atoms with van der Waals surface area (Å²) in [5.41, 5.74) is 1.04. The SMILES string of the molecule is O=C(Oc1ccc2c(c1)O/C(=C\c1ccccc1)C2=O)c1ccccc1F. The second-order valence-corrected chi connectivity index (χ2v) is 5.88. The standard InChI is InChI=1S/C22H13FO4/c23-18-9-5-4-8-16(18)22(25)26-15-10-11-17-19(13-15)27-20(21(17)24)12-14-6-2-1-3-7-14/h1-13H/b20-12-. The van der Waals surface area contributed by atoms with E-state index in [9.17, 15) is 14.0 Å². The maximum atomic E-state index is 13.7. The number of allylic oxidation sites excluding steroid dienone is 1. The fourth-order valence-electron chi connectivity index (χ4n) is 2.72. The molecule has 132 valence electrons. The fraction of sp³-hybridized carbons (Fsp3) is 0. The molecule has 0 unspecified atom stereocenters. The lowest BCUT2D eigenvalue weighted by Gasteiger charge is -2.06. The van der Waals surface area contributed by atoms with Gasteiger partial charge in [-0.05, 0) is 35.9 Å². The van der Waals surface area contributed by atoms with Gasteiger partial charge in [0.25, 0.3) is 0 Å². The van der Waals surface area contributed by atoms with Crippen molar-refractivity contribution in [3.05, 3.63) is 101 Å². The molecule has 0 fully saturated rings. The van der Waals surface area contributed by atoms with Gasteiger partial charge in [0.05, 0.1) is 11.1 Å². The average molecular weight is 360 g/mol. The van der Waals surface area contributed by atoms with Gasteiger partial charge in [0.15, 0.2) is 5.76 Å². The molecule has 0 bridgehead atoms. The predicted molar refractivity (Wildman–Crippen MR) is 97.2 cm³/mol. The minimum absolute atomic E-state index is 0.163. The highest BCUT2D eigenvalue weighted by Gasteiger charge is 2.28. The second kappa shape index (κ2) is 6.88. The molecule has 0 atom stereocenters. The molecule has 3 aromatic carbocycles. The van der Waals surface area contributed by atoms with Gasteiger partial charge in [-0.3, -0.25) is 4.79 Å². The van der Waals surface area contributed by atoms with Crippen LogP contribution in [0.15, 0.2) is 78.6 Å². The van der Waals surface area contributed by atoms with Gasteiger partial charge in [0.2, 0.25) is 5.78 Å². The van der Waals surface area contributed by atoms with Crippen molar-refractivity contribution in [3.63, 3.8) is 0 Å². The first-order valence-electron chi connectivity index (χ1n) is 8.22. The van der Waals surface area contributed by atoms with Crippen molar-refractivity contribution < 1.29 is 23.5 Å². The van der Waals surface area contributed by atoms with Crippen molar-refractivity contribution >= 4 is 17.8 Å². The molecule has 0 amide bonds. The molecule has 1 aliphatic heterocycles. The number of hydrogen-bond donors (Lipinski definition) is 0. The van der Waals surface area contributed by atoms with Crippen molar-refractivity contribution in [2.45, 2.75) is 0 Å². The predicted octanol–water partition coefficient (Wildman–Crippen LogP) is 4.66. The van der Waals surface area contributed by atoms with Gasteiger partial charge in [-0.1, -0.05) is 42.5 Å².